The maximum absolute atomic E-state index is 11.8. The van der Waals surface area contributed by atoms with Gasteiger partial charge in [0.25, 0.3) is 0 Å². The molecule has 4 saturated carbocycles. The molecule has 0 saturated heterocycles. The van der Waals surface area contributed by atoms with E-state index in [2.05, 4.69) is 50.5 Å². The Hall–Kier alpha value is -0.0500. The maximum Gasteiger partial charge on any atom is 0.316 e. The van der Waals surface area contributed by atoms with Crippen LogP contribution in [0.1, 0.15) is 112 Å². The van der Waals surface area contributed by atoms with Crippen LogP contribution in [0.5, 0.6) is 0 Å². The average molecular weight is 510 g/mol. The zero-order valence-corrected chi connectivity index (χ0v) is 23.1. The Morgan fingerprint density at radius 3 is 2.38 bits per heavy atom. The molecule has 0 N–H and O–H groups in total. The third-order valence-electron chi connectivity index (χ3n) is 11.2. The fraction of sp³-hybridized carbons (Fsp3) is 0.966. The Balaban J connectivity index is 1.42. The summed E-state index contributed by atoms with van der Waals surface area (Å²) in [5.41, 5.74) is 1.06. The molecule has 4 fully saturated rings. The van der Waals surface area contributed by atoms with Crippen molar-refractivity contribution in [2.45, 2.75) is 118 Å². The lowest BCUT2D eigenvalue weighted by atomic mass is 9.44. The average Bonchev–Trinajstić information content (AvgIpc) is 3.11. The summed E-state index contributed by atoms with van der Waals surface area (Å²) in [6, 6.07) is 0. The summed E-state index contributed by atoms with van der Waals surface area (Å²) in [7, 11) is 0. The van der Waals surface area contributed by atoms with Crippen LogP contribution in [0.3, 0.4) is 0 Å². The van der Waals surface area contributed by atoms with Gasteiger partial charge in [-0.25, -0.2) is 0 Å². The Morgan fingerprint density at radius 1 is 0.938 bits per heavy atom. The highest BCUT2D eigenvalue weighted by Gasteiger charge is 2.60. The third-order valence-corrected chi connectivity index (χ3v) is 11.7. The summed E-state index contributed by atoms with van der Waals surface area (Å²) < 4.78 is 5.76. The first-order valence-electron chi connectivity index (χ1n) is 13.9. The Labute approximate surface area is 206 Å². The number of halogens is 1. The molecule has 32 heavy (non-hydrogen) atoms. The minimum absolute atomic E-state index is 0.0831. The Kier molecular flexibility index (Phi) is 7.75. The van der Waals surface area contributed by atoms with Crippen molar-refractivity contribution < 1.29 is 9.53 Å². The van der Waals surface area contributed by atoms with E-state index in [1.54, 1.807) is 0 Å². The van der Waals surface area contributed by atoms with E-state index in [-0.39, 0.29) is 12.1 Å². The van der Waals surface area contributed by atoms with Gasteiger partial charge in [0.05, 0.1) is 0 Å². The van der Waals surface area contributed by atoms with E-state index in [4.69, 9.17) is 4.74 Å². The zero-order chi connectivity index (χ0) is 23.1. The summed E-state index contributed by atoms with van der Waals surface area (Å²) in [4.78, 5) is 11.8. The number of ether oxygens (including phenoxy) is 1. The molecule has 0 aromatic rings. The lowest BCUT2D eigenvalue weighted by Gasteiger charge is -2.61. The molecule has 0 heterocycles. The fourth-order valence-corrected chi connectivity index (χ4v) is 9.70. The van der Waals surface area contributed by atoms with Gasteiger partial charge in [-0.05, 0) is 110 Å². The van der Waals surface area contributed by atoms with Crippen molar-refractivity contribution in [2.75, 3.05) is 5.33 Å². The van der Waals surface area contributed by atoms with Crippen LogP contribution in [0.25, 0.3) is 0 Å². The molecule has 184 valence electrons. The molecule has 0 radical (unpaired) electrons. The largest absolute Gasteiger partial charge is 0.462 e. The molecule has 4 rings (SSSR count). The first-order valence-corrected chi connectivity index (χ1v) is 15.1. The second-order valence-corrected chi connectivity index (χ2v) is 13.8. The molecule has 2 nitrogen and oxygen atoms in total. The molecule has 0 aromatic carbocycles. The number of hydrogen-bond donors (Lipinski definition) is 0. The molecule has 4 aliphatic rings. The van der Waals surface area contributed by atoms with Gasteiger partial charge >= 0.3 is 5.97 Å². The van der Waals surface area contributed by atoms with Crippen LogP contribution in [-0.2, 0) is 9.53 Å². The molecular formula is C29H49BrO2. The lowest BCUT2D eigenvalue weighted by molar-refractivity contribution is -0.160. The quantitative estimate of drug-likeness (QED) is 0.254. The highest BCUT2D eigenvalue weighted by atomic mass is 79.9. The van der Waals surface area contributed by atoms with Gasteiger partial charge in [0, 0.05) is 0 Å². The lowest BCUT2D eigenvalue weighted by Crippen LogP contribution is -2.54. The van der Waals surface area contributed by atoms with Gasteiger partial charge in [0.15, 0.2) is 0 Å². The Morgan fingerprint density at radius 2 is 1.66 bits per heavy atom. The summed E-state index contributed by atoms with van der Waals surface area (Å²) in [5.74, 6) is 6.17. The third kappa shape index (κ3) is 4.59. The molecule has 0 amide bonds. The van der Waals surface area contributed by atoms with Gasteiger partial charge in [0.2, 0.25) is 0 Å². The minimum atomic E-state index is -0.0831. The van der Waals surface area contributed by atoms with Crippen molar-refractivity contribution in [2.24, 2.45) is 52.3 Å². The van der Waals surface area contributed by atoms with Crippen LogP contribution in [0, 0.1) is 52.3 Å². The standard InChI is InChI=1S/C29H49BrO2/c1-19(2)7-6-8-20(3)24-11-12-25-23-10-9-21-17-22(32-27(31)18-30)13-15-28(21,4)26(23)14-16-29(24,25)5/h19-26H,6-18H2,1-5H3/t20-,21+,22-,23+,24+,25-,26+,28+,29-/m1/s1. The van der Waals surface area contributed by atoms with Crippen LogP contribution in [0.4, 0.5) is 0 Å². The van der Waals surface area contributed by atoms with Crippen molar-refractivity contribution in [1.82, 2.24) is 0 Å². The highest BCUT2D eigenvalue weighted by Crippen LogP contribution is 2.68. The normalized spacial score (nSPS) is 44.5. The summed E-state index contributed by atoms with van der Waals surface area (Å²) in [6.45, 7) is 12.7. The molecule has 0 spiro atoms. The highest BCUT2D eigenvalue weighted by molar-refractivity contribution is 9.09. The number of fused-ring (bicyclic) bond motifs is 5. The fourth-order valence-electron chi connectivity index (χ4n) is 9.57. The van der Waals surface area contributed by atoms with E-state index in [1.165, 1.54) is 64.2 Å². The van der Waals surface area contributed by atoms with Gasteiger partial charge in [-0.2, -0.15) is 0 Å². The van der Waals surface area contributed by atoms with Crippen molar-refractivity contribution in [3.8, 4) is 0 Å². The topological polar surface area (TPSA) is 26.3 Å². The van der Waals surface area contributed by atoms with Crippen molar-refractivity contribution >= 4 is 21.9 Å². The number of carbonyl (C=O) groups excluding carboxylic acids is 1. The molecule has 0 bridgehead atoms. The van der Waals surface area contributed by atoms with Crippen LogP contribution in [-0.4, -0.2) is 17.4 Å². The molecular weight excluding hydrogens is 460 g/mol. The number of hydrogen-bond acceptors (Lipinski definition) is 2. The predicted octanol–water partition coefficient (Wildman–Crippen LogP) is 8.41. The minimum Gasteiger partial charge on any atom is -0.462 e. The summed E-state index contributed by atoms with van der Waals surface area (Å²) in [5, 5.41) is 0.327. The van der Waals surface area contributed by atoms with E-state index < -0.39 is 0 Å². The maximum atomic E-state index is 11.8. The predicted molar refractivity (Wildman–Crippen MR) is 137 cm³/mol. The van der Waals surface area contributed by atoms with E-state index in [0.717, 1.165) is 54.3 Å². The van der Waals surface area contributed by atoms with Crippen LogP contribution < -0.4 is 0 Å². The number of esters is 1. The van der Waals surface area contributed by atoms with Crippen LogP contribution in [0.15, 0.2) is 0 Å². The number of rotatable bonds is 7. The first-order chi connectivity index (χ1) is 15.2. The van der Waals surface area contributed by atoms with Crippen molar-refractivity contribution in [3.63, 3.8) is 0 Å². The molecule has 0 unspecified atom stereocenters. The molecule has 3 heteroatoms. The summed E-state index contributed by atoms with van der Waals surface area (Å²) in [6.07, 6.45) is 16.5. The van der Waals surface area contributed by atoms with Crippen LogP contribution in [0.2, 0.25) is 0 Å². The van der Waals surface area contributed by atoms with Crippen molar-refractivity contribution in [1.29, 1.82) is 0 Å². The van der Waals surface area contributed by atoms with Gasteiger partial charge < -0.3 is 4.74 Å². The molecule has 4 aliphatic carbocycles. The van der Waals surface area contributed by atoms with Gasteiger partial charge in [0.1, 0.15) is 11.4 Å². The number of alkyl halides is 1. The van der Waals surface area contributed by atoms with Gasteiger partial charge in [-0.15, -0.1) is 0 Å². The number of carbonyl (C=O) groups is 1. The monoisotopic (exact) mass is 508 g/mol. The van der Waals surface area contributed by atoms with E-state index in [1.807, 2.05) is 0 Å². The second kappa shape index (κ2) is 9.90. The Bertz CT molecular complexity index is 662. The molecule has 0 aromatic heterocycles. The smallest absolute Gasteiger partial charge is 0.316 e. The van der Waals surface area contributed by atoms with Gasteiger partial charge in [-0.3, -0.25) is 4.79 Å². The first kappa shape index (κ1) is 25.1. The zero-order valence-electron chi connectivity index (χ0n) is 21.5. The van der Waals surface area contributed by atoms with Gasteiger partial charge in [-0.1, -0.05) is 69.8 Å². The van der Waals surface area contributed by atoms with Crippen molar-refractivity contribution in [3.05, 3.63) is 0 Å². The SMILES string of the molecule is CC(C)CCC[C@@H](C)[C@@H]1CC[C@@H]2[C@@H]3CC[C@H]4C[C@H](OC(=O)CBr)CC[C@]4(C)[C@H]3CC[C@@]21C. The molecule has 9 atom stereocenters. The van der Waals surface area contributed by atoms with E-state index >= 15 is 0 Å². The second-order valence-electron chi connectivity index (χ2n) is 13.2. The van der Waals surface area contributed by atoms with E-state index in [0.29, 0.717) is 16.2 Å². The molecule has 0 aliphatic heterocycles. The van der Waals surface area contributed by atoms with E-state index in [9.17, 15) is 4.79 Å². The van der Waals surface area contributed by atoms with Crippen LogP contribution >= 0.6 is 15.9 Å². The summed E-state index contributed by atoms with van der Waals surface area (Å²) >= 11 is 3.26.